The molecule has 0 aliphatic carbocycles. The third kappa shape index (κ3) is 4.88. The smallest absolute Gasteiger partial charge is 0.251 e. The van der Waals surface area contributed by atoms with Gasteiger partial charge < -0.3 is 24.2 Å². The minimum atomic E-state index is -0.218. The summed E-state index contributed by atoms with van der Waals surface area (Å²) in [6.07, 6.45) is 1.55. The van der Waals surface area contributed by atoms with Crippen LogP contribution in [0.15, 0.2) is 22.7 Å². The number of likely N-dealkylation sites (tertiary alicyclic amines) is 1. The summed E-state index contributed by atoms with van der Waals surface area (Å²) in [7, 11) is 1.55. The molecule has 8 heteroatoms. The Labute approximate surface area is 170 Å². The molecule has 1 saturated heterocycles. The largest absolute Gasteiger partial charge is 0.493 e. The third-order valence-electron chi connectivity index (χ3n) is 5.21. The van der Waals surface area contributed by atoms with E-state index < -0.39 is 0 Å². The van der Waals surface area contributed by atoms with Crippen LogP contribution in [0.3, 0.4) is 0 Å². The van der Waals surface area contributed by atoms with Gasteiger partial charge in [-0.3, -0.25) is 9.59 Å². The molecule has 0 atom stereocenters. The first kappa shape index (κ1) is 20.7. The zero-order valence-electron chi connectivity index (χ0n) is 17.3. The minimum Gasteiger partial charge on any atom is -0.493 e. The van der Waals surface area contributed by atoms with Crippen molar-refractivity contribution < 1.29 is 23.6 Å². The van der Waals surface area contributed by atoms with Crippen LogP contribution in [0.5, 0.6) is 11.5 Å². The molecule has 2 amide bonds. The maximum atomic E-state index is 12.5. The van der Waals surface area contributed by atoms with Gasteiger partial charge in [0.15, 0.2) is 11.5 Å². The molecule has 0 saturated carbocycles. The van der Waals surface area contributed by atoms with Gasteiger partial charge in [0.05, 0.1) is 12.8 Å². The number of carbonyl (C=O) groups is 2. The second-order valence-electron chi connectivity index (χ2n) is 7.17. The number of ether oxygens (including phenoxy) is 2. The second kappa shape index (κ2) is 8.98. The predicted octanol–water partition coefficient (Wildman–Crippen LogP) is 2.62. The van der Waals surface area contributed by atoms with Gasteiger partial charge in [-0.2, -0.15) is 0 Å². The average molecular weight is 401 g/mol. The molecule has 3 rings (SSSR count). The Morgan fingerprint density at radius 3 is 2.55 bits per heavy atom. The molecule has 0 radical (unpaired) electrons. The molecule has 0 bridgehead atoms. The maximum Gasteiger partial charge on any atom is 0.251 e. The Morgan fingerprint density at radius 1 is 1.24 bits per heavy atom. The summed E-state index contributed by atoms with van der Waals surface area (Å²) in [6.45, 7) is 6.95. The molecule has 1 aliphatic heterocycles. The van der Waals surface area contributed by atoms with E-state index >= 15 is 0 Å². The number of hydrogen-bond donors (Lipinski definition) is 1. The highest BCUT2D eigenvalue weighted by atomic mass is 16.5. The van der Waals surface area contributed by atoms with E-state index in [0.29, 0.717) is 42.5 Å². The van der Waals surface area contributed by atoms with Gasteiger partial charge in [0.25, 0.3) is 5.91 Å². The fraction of sp³-hybridized carbons (Fsp3) is 0.476. The molecule has 1 aromatic carbocycles. The van der Waals surface area contributed by atoms with Gasteiger partial charge >= 0.3 is 0 Å². The van der Waals surface area contributed by atoms with E-state index in [1.165, 1.54) is 0 Å². The lowest BCUT2D eigenvalue weighted by Crippen LogP contribution is -2.40. The van der Waals surface area contributed by atoms with E-state index in [2.05, 4.69) is 10.5 Å². The molecular weight excluding hydrogens is 374 g/mol. The third-order valence-corrected chi connectivity index (χ3v) is 5.21. The zero-order valence-corrected chi connectivity index (χ0v) is 17.3. The molecule has 1 aliphatic rings. The fourth-order valence-corrected chi connectivity index (χ4v) is 3.40. The monoisotopic (exact) mass is 401 g/mol. The van der Waals surface area contributed by atoms with Crippen LogP contribution in [0, 0.1) is 13.8 Å². The average Bonchev–Trinajstić information content (AvgIpc) is 3.04. The Kier molecular flexibility index (Phi) is 6.41. The summed E-state index contributed by atoms with van der Waals surface area (Å²) >= 11 is 0. The number of amides is 2. The van der Waals surface area contributed by atoms with Crippen LogP contribution in [0.2, 0.25) is 0 Å². The summed E-state index contributed by atoms with van der Waals surface area (Å²) < 4.78 is 16.6. The van der Waals surface area contributed by atoms with Crippen LogP contribution < -0.4 is 14.8 Å². The van der Waals surface area contributed by atoms with Crippen LogP contribution >= 0.6 is 0 Å². The Bertz CT molecular complexity index is 865. The molecule has 1 aromatic heterocycles. The molecule has 1 N–H and O–H groups in total. The molecule has 0 unspecified atom stereocenters. The Morgan fingerprint density at radius 2 is 1.97 bits per heavy atom. The quantitative estimate of drug-likeness (QED) is 0.800. The first-order valence-electron chi connectivity index (χ1n) is 9.69. The number of nitrogens with one attached hydrogen (secondary N) is 1. The molecule has 0 spiro atoms. The number of piperidine rings is 1. The summed E-state index contributed by atoms with van der Waals surface area (Å²) in [6, 6.07) is 5.13. The Balaban J connectivity index is 1.62. The molecule has 2 heterocycles. The van der Waals surface area contributed by atoms with Crippen molar-refractivity contribution in [3.8, 4) is 11.5 Å². The van der Waals surface area contributed by atoms with E-state index in [1.807, 2.05) is 18.7 Å². The van der Waals surface area contributed by atoms with Crippen molar-refractivity contribution in [2.75, 3.05) is 20.2 Å². The van der Waals surface area contributed by atoms with Crippen molar-refractivity contribution in [2.45, 2.75) is 46.3 Å². The number of rotatable bonds is 6. The van der Waals surface area contributed by atoms with Crippen LogP contribution in [-0.2, 0) is 11.3 Å². The number of methoxy groups -OCH3 is 1. The van der Waals surface area contributed by atoms with Gasteiger partial charge in [0, 0.05) is 50.5 Å². The van der Waals surface area contributed by atoms with Gasteiger partial charge in [-0.25, -0.2) is 0 Å². The van der Waals surface area contributed by atoms with Crippen LogP contribution in [0.25, 0.3) is 0 Å². The Hall–Kier alpha value is -3.03. The maximum absolute atomic E-state index is 12.5. The highest BCUT2D eigenvalue weighted by Crippen LogP contribution is 2.30. The molecule has 2 aromatic rings. The lowest BCUT2D eigenvalue weighted by Gasteiger charge is -2.31. The van der Waals surface area contributed by atoms with E-state index in [-0.39, 0.29) is 17.9 Å². The summed E-state index contributed by atoms with van der Waals surface area (Å²) in [5, 5.41) is 6.77. The molecule has 8 nitrogen and oxygen atoms in total. The van der Waals surface area contributed by atoms with Crippen molar-refractivity contribution in [2.24, 2.45) is 0 Å². The van der Waals surface area contributed by atoms with Gasteiger partial charge in [-0.15, -0.1) is 0 Å². The van der Waals surface area contributed by atoms with Gasteiger partial charge in [0.1, 0.15) is 11.9 Å². The van der Waals surface area contributed by atoms with E-state index in [4.69, 9.17) is 14.0 Å². The normalized spacial score (nSPS) is 14.6. The van der Waals surface area contributed by atoms with Crippen molar-refractivity contribution in [3.63, 3.8) is 0 Å². The van der Waals surface area contributed by atoms with E-state index in [1.54, 1.807) is 32.2 Å². The first-order chi connectivity index (χ1) is 13.9. The minimum absolute atomic E-state index is 0.0127. The van der Waals surface area contributed by atoms with E-state index in [9.17, 15) is 9.59 Å². The SMILES string of the molecule is COc1cc(C(=O)NCc2c(C)noc2C)ccc1OC1CCN(C(C)=O)CC1. The predicted molar refractivity (Wildman–Crippen MR) is 106 cm³/mol. The summed E-state index contributed by atoms with van der Waals surface area (Å²) in [4.78, 5) is 25.8. The molecule has 29 heavy (non-hydrogen) atoms. The second-order valence-corrected chi connectivity index (χ2v) is 7.17. The topological polar surface area (TPSA) is 93.9 Å². The van der Waals surface area contributed by atoms with Crippen LogP contribution in [-0.4, -0.2) is 48.2 Å². The van der Waals surface area contributed by atoms with Gasteiger partial charge in [-0.1, -0.05) is 5.16 Å². The summed E-state index contributed by atoms with van der Waals surface area (Å²) in [5.74, 6) is 1.66. The number of carbonyl (C=O) groups excluding carboxylic acids is 2. The molecular formula is C21H27N3O5. The van der Waals surface area contributed by atoms with Crippen molar-refractivity contribution in [3.05, 3.63) is 40.8 Å². The zero-order chi connectivity index (χ0) is 21.0. The van der Waals surface area contributed by atoms with Crippen molar-refractivity contribution >= 4 is 11.8 Å². The number of aryl methyl sites for hydroxylation is 2. The standard InChI is InChI=1S/C21H27N3O5/c1-13-18(14(2)29-23-13)12-22-21(26)16-5-6-19(20(11-16)27-4)28-17-7-9-24(10-8-17)15(3)25/h5-6,11,17H,7-10,12H2,1-4H3,(H,22,26). The van der Waals surface area contributed by atoms with Crippen LogP contribution in [0.1, 0.15) is 47.1 Å². The van der Waals surface area contributed by atoms with Gasteiger partial charge in [0.2, 0.25) is 5.91 Å². The highest BCUT2D eigenvalue weighted by molar-refractivity contribution is 5.94. The van der Waals surface area contributed by atoms with E-state index in [0.717, 1.165) is 24.1 Å². The molecule has 156 valence electrons. The lowest BCUT2D eigenvalue weighted by molar-refractivity contribution is -0.130. The number of benzene rings is 1. The highest BCUT2D eigenvalue weighted by Gasteiger charge is 2.23. The first-order valence-corrected chi connectivity index (χ1v) is 9.69. The fourth-order valence-electron chi connectivity index (χ4n) is 3.40. The number of nitrogens with zero attached hydrogens (tertiary/aromatic N) is 2. The number of aromatic nitrogens is 1. The van der Waals surface area contributed by atoms with Gasteiger partial charge in [-0.05, 0) is 32.0 Å². The molecule has 1 fully saturated rings. The lowest BCUT2D eigenvalue weighted by atomic mass is 10.1. The number of hydrogen-bond acceptors (Lipinski definition) is 6. The van der Waals surface area contributed by atoms with Crippen LogP contribution in [0.4, 0.5) is 0 Å². The van der Waals surface area contributed by atoms with Crippen molar-refractivity contribution in [1.82, 2.24) is 15.4 Å². The van der Waals surface area contributed by atoms with Crippen molar-refractivity contribution in [1.29, 1.82) is 0 Å². The summed E-state index contributed by atoms with van der Waals surface area (Å²) in [5.41, 5.74) is 2.12.